The maximum absolute atomic E-state index is 14.5. The van der Waals surface area contributed by atoms with Crippen molar-refractivity contribution in [1.29, 1.82) is 0 Å². The number of hydrogen-bond acceptors (Lipinski definition) is 6. The molecule has 0 aliphatic heterocycles. The lowest BCUT2D eigenvalue weighted by Gasteiger charge is -2.24. The van der Waals surface area contributed by atoms with Crippen LogP contribution < -0.4 is 15.0 Å². The molecule has 0 aliphatic carbocycles. The van der Waals surface area contributed by atoms with Crippen LogP contribution in [0, 0.1) is 11.7 Å². The Kier molecular flexibility index (Phi) is 11.8. The fraction of sp³-hybridized carbons (Fsp3) is 0.270. The van der Waals surface area contributed by atoms with Crippen molar-refractivity contribution in [3.63, 3.8) is 0 Å². The number of benzene rings is 4. The van der Waals surface area contributed by atoms with E-state index >= 15 is 0 Å². The van der Waals surface area contributed by atoms with Crippen LogP contribution in [0.15, 0.2) is 103 Å². The van der Waals surface area contributed by atoms with Gasteiger partial charge in [0.15, 0.2) is 5.78 Å². The number of ketones is 1. The second-order valence-corrected chi connectivity index (χ2v) is 11.1. The third-order valence-electron chi connectivity index (χ3n) is 7.21. The Bertz CT molecular complexity index is 1570. The lowest BCUT2D eigenvalue weighted by molar-refractivity contribution is -0.141. The van der Waals surface area contributed by atoms with E-state index < -0.39 is 17.8 Å². The minimum Gasteiger partial charge on any atom is -0.494 e. The van der Waals surface area contributed by atoms with E-state index in [4.69, 9.17) is 9.47 Å². The van der Waals surface area contributed by atoms with E-state index in [1.165, 1.54) is 18.1 Å². The molecule has 0 fully saturated rings. The number of nitrogens with zero attached hydrogens (tertiary/aromatic N) is 1. The molecule has 0 saturated heterocycles. The average Bonchev–Trinajstić information content (AvgIpc) is 3.05. The third kappa shape index (κ3) is 9.25. The van der Waals surface area contributed by atoms with Gasteiger partial charge in [-0.3, -0.25) is 9.59 Å². The molecular formula is C37H39FN2O5. The molecule has 4 aromatic rings. The second-order valence-electron chi connectivity index (χ2n) is 11.1. The number of para-hydroxylation sites is 2. The van der Waals surface area contributed by atoms with Gasteiger partial charge in [0.25, 0.3) is 0 Å². The molecule has 0 radical (unpaired) electrons. The van der Waals surface area contributed by atoms with Crippen LogP contribution in [0.2, 0.25) is 0 Å². The first-order chi connectivity index (χ1) is 21.8. The van der Waals surface area contributed by atoms with Gasteiger partial charge >= 0.3 is 5.97 Å². The van der Waals surface area contributed by atoms with Crippen molar-refractivity contribution in [2.75, 3.05) is 30.5 Å². The summed E-state index contributed by atoms with van der Waals surface area (Å²) < 4.78 is 25.5. The van der Waals surface area contributed by atoms with Gasteiger partial charge in [0.1, 0.15) is 17.6 Å². The molecule has 1 N–H and O–H groups in total. The Hall–Kier alpha value is -4.98. The Morgan fingerprint density at radius 3 is 2.20 bits per heavy atom. The second kappa shape index (κ2) is 16.2. The zero-order chi connectivity index (χ0) is 32.2. The predicted octanol–water partition coefficient (Wildman–Crippen LogP) is 7.10. The fourth-order valence-corrected chi connectivity index (χ4v) is 4.95. The average molecular weight is 611 g/mol. The summed E-state index contributed by atoms with van der Waals surface area (Å²) in [6.45, 7) is 4.57. The number of ether oxygens (including phenoxy) is 2. The number of methoxy groups -OCH3 is 1. The number of nitrogens with one attached hydrogen (secondary N) is 1. The highest BCUT2D eigenvalue weighted by Gasteiger charge is 2.23. The number of hydrogen-bond donors (Lipinski definition) is 1. The van der Waals surface area contributed by atoms with Gasteiger partial charge in [0, 0.05) is 36.2 Å². The lowest BCUT2D eigenvalue weighted by Crippen LogP contribution is -2.34. The van der Waals surface area contributed by atoms with Crippen LogP contribution in [0.5, 0.6) is 5.75 Å². The molecule has 0 unspecified atom stereocenters. The molecule has 1 amide bonds. The van der Waals surface area contributed by atoms with Gasteiger partial charge < -0.3 is 19.7 Å². The minimum absolute atomic E-state index is 0.125. The summed E-state index contributed by atoms with van der Waals surface area (Å²) in [5.41, 5.74) is 2.69. The molecule has 8 heteroatoms. The fourth-order valence-electron chi connectivity index (χ4n) is 4.95. The number of carbonyl (C=O) groups excluding carboxylic acids is 3. The number of esters is 1. The van der Waals surface area contributed by atoms with Crippen LogP contribution in [0.25, 0.3) is 0 Å². The minimum atomic E-state index is -0.737. The number of halogens is 1. The van der Waals surface area contributed by atoms with E-state index in [2.05, 4.69) is 5.32 Å². The van der Waals surface area contributed by atoms with E-state index in [9.17, 15) is 18.8 Å². The maximum atomic E-state index is 14.5. The molecule has 7 nitrogen and oxygen atoms in total. The van der Waals surface area contributed by atoms with Crippen LogP contribution in [0.3, 0.4) is 0 Å². The molecule has 0 saturated carbocycles. The zero-order valence-electron chi connectivity index (χ0n) is 25.9. The highest BCUT2D eigenvalue weighted by atomic mass is 19.1. The maximum Gasteiger partial charge on any atom is 0.328 e. The molecule has 4 rings (SSSR count). The summed E-state index contributed by atoms with van der Waals surface area (Å²) in [4.78, 5) is 40.3. The van der Waals surface area contributed by atoms with E-state index in [0.717, 1.165) is 5.56 Å². The molecule has 234 valence electrons. The molecule has 4 aromatic carbocycles. The van der Waals surface area contributed by atoms with Gasteiger partial charge in [0.2, 0.25) is 5.91 Å². The van der Waals surface area contributed by atoms with Gasteiger partial charge in [-0.15, -0.1) is 0 Å². The number of anilines is 2. The van der Waals surface area contributed by atoms with Gasteiger partial charge in [-0.25, -0.2) is 9.18 Å². The smallest absolute Gasteiger partial charge is 0.328 e. The summed E-state index contributed by atoms with van der Waals surface area (Å²) in [6, 6.07) is 29.0. The largest absolute Gasteiger partial charge is 0.494 e. The van der Waals surface area contributed by atoms with Crippen LogP contribution >= 0.6 is 0 Å². The summed E-state index contributed by atoms with van der Waals surface area (Å²) in [6.07, 6.45) is 1.15. The van der Waals surface area contributed by atoms with E-state index in [-0.39, 0.29) is 23.3 Å². The summed E-state index contributed by atoms with van der Waals surface area (Å²) in [5, 5.41) is 3.22. The SMILES string of the molecule is COC(=O)[C@H](Cc1ccc(OCCCN(C(=O)CC(C)C)c2ccccc2F)cc1)Nc1ccccc1C(=O)c1ccccc1. The first-order valence-corrected chi connectivity index (χ1v) is 15.1. The van der Waals surface area contributed by atoms with Crippen molar-refractivity contribution in [1.82, 2.24) is 0 Å². The summed E-state index contributed by atoms with van der Waals surface area (Å²) in [7, 11) is 1.33. The predicted molar refractivity (Wildman–Crippen MR) is 174 cm³/mol. The monoisotopic (exact) mass is 610 g/mol. The van der Waals surface area contributed by atoms with Crippen LogP contribution in [-0.4, -0.2) is 44.0 Å². The molecule has 45 heavy (non-hydrogen) atoms. The zero-order valence-corrected chi connectivity index (χ0v) is 25.9. The molecule has 0 heterocycles. The van der Waals surface area contributed by atoms with Crippen LogP contribution in [0.1, 0.15) is 48.2 Å². The van der Waals surface area contributed by atoms with Crippen molar-refractivity contribution < 1.29 is 28.2 Å². The standard InChI is InChI=1S/C37H39FN2O5/c1-26(2)24-35(41)40(34-17-10-8-15-31(34)38)22-11-23-45-29-20-18-27(19-21-29)25-33(37(43)44-3)39-32-16-9-7-14-30(32)36(42)28-12-5-4-6-13-28/h4-10,12-21,26,33,39H,11,22-25H2,1-3H3/t33-/m0/s1. The molecule has 0 aliphatic rings. The number of amides is 1. The molecule has 1 atom stereocenters. The molecule has 0 spiro atoms. The number of carbonyl (C=O) groups is 3. The Labute approximate surface area is 264 Å². The Morgan fingerprint density at radius 1 is 0.844 bits per heavy atom. The molecule has 0 aromatic heterocycles. The van der Waals surface area contributed by atoms with E-state index in [1.807, 2.05) is 56.3 Å². The van der Waals surface area contributed by atoms with Gasteiger partial charge in [-0.05, 0) is 54.3 Å². The Morgan fingerprint density at radius 2 is 1.51 bits per heavy atom. The van der Waals surface area contributed by atoms with Gasteiger partial charge in [-0.1, -0.05) is 80.6 Å². The summed E-state index contributed by atoms with van der Waals surface area (Å²) in [5.74, 6) is -0.376. The van der Waals surface area contributed by atoms with E-state index in [1.54, 1.807) is 54.6 Å². The topological polar surface area (TPSA) is 84.9 Å². The first kappa shape index (κ1) is 32.9. The first-order valence-electron chi connectivity index (χ1n) is 15.1. The van der Waals surface area contributed by atoms with Gasteiger partial charge in [0.05, 0.1) is 19.4 Å². The van der Waals surface area contributed by atoms with Crippen molar-refractivity contribution in [3.8, 4) is 5.75 Å². The highest BCUT2D eigenvalue weighted by molar-refractivity contribution is 6.12. The van der Waals surface area contributed by atoms with Gasteiger partial charge in [-0.2, -0.15) is 0 Å². The van der Waals surface area contributed by atoms with E-state index in [0.29, 0.717) is 55.0 Å². The van der Waals surface area contributed by atoms with Crippen molar-refractivity contribution in [2.24, 2.45) is 5.92 Å². The van der Waals surface area contributed by atoms with Crippen molar-refractivity contribution >= 4 is 29.0 Å². The Balaban J connectivity index is 1.37. The number of rotatable bonds is 15. The lowest BCUT2D eigenvalue weighted by atomic mass is 10.00. The van der Waals surface area contributed by atoms with Crippen LogP contribution in [-0.2, 0) is 20.7 Å². The third-order valence-corrected chi connectivity index (χ3v) is 7.21. The quantitative estimate of drug-likeness (QED) is 0.0878. The normalized spacial score (nSPS) is 11.5. The van der Waals surface area contributed by atoms with Crippen molar-refractivity contribution in [3.05, 3.63) is 126 Å². The summed E-state index contributed by atoms with van der Waals surface area (Å²) >= 11 is 0. The van der Waals surface area contributed by atoms with Crippen LogP contribution in [0.4, 0.5) is 15.8 Å². The highest BCUT2D eigenvalue weighted by Crippen LogP contribution is 2.23. The molecular weight excluding hydrogens is 571 g/mol. The van der Waals surface area contributed by atoms with Crippen molar-refractivity contribution in [2.45, 2.75) is 39.2 Å². The molecule has 0 bridgehead atoms.